The Balaban J connectivity index is 1.98. The van der Waals surface area contributed by atoms with Crippen LogP contribution in [-0.2, 0) is 0 Å². The van der Waals surface area contributed by atoms with Gasteiger partial charge in [-0.05, 0) is 18.1 Å². The molecular weight excluding hydrogens is 314 g/mol. The van der Waals surface area contributed by atoms with E-state index in [1.165, 1.54) is 0 Å². The average Bonchev–Trinajstić information content (AvgIpc) is 3.04. The minimum absolute atomic E-state index is 0.0555. The van der Waals surface area contributed by atoms with Gasteiger partial charge in [-0.25, -0.2) is 9.97 Å². The van der Waals surface area contributed by atoms with E-state index in [0.29, 0.717) is 11.7 Å². The third-order valence-corrected chi connectivity index (χ3v) is 4.43. The molecule has 0 radical (unpaired) electrons. The summed E-state index contributed by atoms with van der Waals surface area (Å²) in [5.41, 5.74) is 4.02. The van der Waals surface area contributed by atoms with Gasteiger partial charge in [0.25, 0.3) is 0 Å². The quantitative estimate of drug-likeness (QED) is 0.723. The van der Waals surface area contributed by atoms with Gasteiger partial charge >= 0.3 is 0 Å². The van der Waals surface area contributed by atoms with Crippen LogP contribution in [0, 0.1) is 5.92 Å². The Morgan fingerprint density at radius 1 is 1.16 bits per heavy atom. The monoisotopic (exact) mass is 339 g/mol. The number of hydrogen-bond acceptors (Lipinski definition) is 5. The van der Waals surface area contributed by atoms with Crippen LogP contribution in [0.4, 0.5) is 11.5 Å². The predicted octanol–water partition coefficient (Wildman–Crippen LogP) is 2.89. The molecule has 0 saturated carbocycles. The topological polar surface area (TPSA) is 65.7 Å². The minimum Gasteiger partial charge on any atom is -0.394 e. The summed E-state index contributed by atoms with van der Waals surface area (Å²) >= 11 is 0. The molecule has 0 fully saturated rings. The Labute approximate surface area is 148 Å². The molecule has 6 nitrogen and oxygen atoms in total. The number of aliphatic hydroxyl groups excluding tert-OH is 1. The molecule has 132 valence electrons. The summed E-state index contributed by atoms with van der Waals surface area (Å²) in [6.45, 7) is 4.19. The summed E-state index contributed by atoms with van der Waals surface area (Å²) in [5, 5.41) is 12.9. The molecule has 2 N–H and O–H groups in total. The van der Waals surface area contributed by atoms with Crippen LogP contribution < -0.4 is 10.2 Å². The summed E-state index contributed by atoms with van der Waals surface area (Å²) < 4.78 is 2.02. The second-order valence-corrected chi connectivity index (χ2v) is 6.73. The van der Waals surface area contributed by atoms with Crippen LogP contribution in [0.15, 0.2) is 42.9 Å². The van der Waals surface area contributed by atoms with Crippen molar-refractivity contribution < 1.29 is 5.11 Å². The number of anilines is 2. The van der Waals surface area contributed by atoms with E-state index in [4.69, 9.17) is 0 Å². The van der Waals surface area contributed by atoms with E-state index in [0.717, 1.165) is 22.6 Å². The van der Waals surface area contributed by atoms with E-state index < -0.39 is 0 Å². The van der Waals surface area contributed by atoms with E-state index in [9.17, 15) is 5.11 Å². The number of benzene rings is 1. The Hall–Kier alpha value is -2.60. The maximum Gasteiger partial charge on any atom is 0.180 e. The summed E-state index contributed by atoms with van der Waals surface area (Å²) in [4.78, 5) is 11.0. The largest absolute Gasteiger partial charge is 0.394 e. The van der Waals surface area contributed by atoms with Crippen LogP contribution in [-0.4, -0.2) is 46.2 Å². The summed E-state index contributed by atoms with van der Waals surface area (Å²) in [5.74, 6) is 0.978. The second kappa shape index (κ2) is 7.11. The van der Waals surface area contributed by atoms with Crippen LogP contribution in [0.5, 0.6) is 0 Å². The van der Waals surface area contributed by atoms with Gasteiger partial charge in [-0.1, -0.05) is 26.0 Å². The van der Waals surface area contributed by atoms with Gasteiger partial charge in [-0.15, -0.1) is 0 Å². The zero-order valence-electron chi connectivity index (χ0n) is 15.1. The predicted molar refractivity (Wildman–Crippen MR) is 102 cm³/mol. The molecule has 1 aromatic carbocycles. The molecule has 2 heterocycles. The van der Waals surface area contributed by atoms with Crippen molar-refractivity contribution in [3.63, 3.8) is 0 Å². The van der Waals surface area contributed by atoms with E-state index >= 15 is 0 Å². The van der Waals surface area contributed by atoms with Crippen molar-refractivity contribution >= 4 is 17.2 Å². The van der Waals surface area contributed by atoms with Gasteiger partial charge in [0.1, 0.15) is 0 Å². The fraction of sp³-hybridized carbons (Fsp3) is 0.368. The van der Waals surface area contributed by atoms with Crippen molar-refractivity contribution in [2.45, 2.75) is 19.9 Å². The van der Waals surface area contributed by atoms with Crippen LogP contribution in [0.3, 0.4) is 0 Å². The van der Waals surface area contributed by atoms with Crippen molar-refractivity contribution in [3.8, 4) is 11.3 Å². The highest BCUT2D eigenvalue weighted by molar-refractivity contribution is 5.71. The number of hydrogen-bond donors (Lipinski definition) is 2. The molecule has 3 aromatic rings. The third-order valence-electron chi connectivity index (χ3n) is 4.43. The highest BCUT2D eigenvalue weighted by Crippen LogP contribution is 2.25. The Morgan fingerprint density at radius 3 is 2.48 bits per heavy atom. The molecule has 0 spiro atoms. The molecule has 1 atom stereocenters. The molecule has 0 aliphatic heterocycles. The molecule has 6 heteroatoms. The zero-order valence-corrected chi connectivity index (χ0v) is 15.1. The van der Waals surface area contributed by atoms with Crippen molar-refractivity contribution in [1.29, 1.82) is 0 Å². The minimum atomic E-state index is -0.0572. The summed E-state index contributed by atoms with van der Waals surface area (Å²) in [6, 6.07) is 8.32. The molecule has 1 unspecified atom stereocenters. The fourth-order valence-corrected chi connectivity index (χ4v) is 2.76. The smallest absolute Gasteiger partial charge is 0.180 e. The Morgan fingerprint density at radius 2 is 1.88 bits per heavy atom. The molecule has 3 rings (SSSR count). The number of nitrogens with one attached hydrogen (secondary N) is 1. The van der Waals surface area contributed by atoms with Crippen LogP contribution >= 0.6 is 0 Å². The number of fused-ring (bicyclic) bond motifs is 1. The fourth-order valence-electron chi connectivity index (χ4n) is 2.76. The lowest BCUT2D eigenvalue weighted by Gasteiger charge is -2.20. The first-order valence-electron chi connectivity index (χ1n) is 8.48. The zero-order chi connectivity index (χ0) is 18.0. The van der Waals surface area contributed by atoms with Crippen molar-refractivity contribution in [2.75, 3.05) is 30.9 Å². The average molecular weight is 339 g/mol. The normalized spacial score (nSPS) is 12.6. The lowest BCUT2D eigenvalue weighted by Crippen LogP contribution is -2.30. The van der Waals surface area contributed by atoms with E-state index in [1.807, 2.05) is 30.9 Å². The third kappa shape index (κ3) is 3.44. The second-order valence-electron chi connectivity index (χ2n) is 6.73. The maximum absolute atomic E-state index is 9.56. The number of aliphatic hydroxyl groups is 1. The number of nitrogens with zero attached hydrogens (tertiary/aromatic N) is 4. The first-order chi connectivity index (χ1) is 12.0. The highest BCUT2D eigenvalue weighted by Gasteiger charge is 2.16. The van der Waals surface area contributed by atoms with Gasteiger partial charge in [0, 0.05) is 37.7 Å². The molecule has 0 saturated heterocycles. The lowest BCUT2D eigenvalue weighted by atomic mass is 10.1. The van der Waals surface area contributed by atoms with Crippen LogP contribution in [0.1, 0.15) is 13.8 Å². The van der Waals surface area contributed by atoms with Gasteiger partial charge in [-0.2, -0.15) is 0 Å². The standard InChI is InChI=1S/C19H25N5O/c1-13(2)16(12-25)22-18-19-21-11-17(24(19)10-9-20-18)14-5-7-15(8-6-14)23(3)4/h5-11,13,16,25H,12H2,1-4H3,(H,20,22). The van der Waals surface area contributed by atoms with Gasteiger partial charge in [0.05, 0.1) is 24.5 Å². The highest BCUT2D eigenvalue weighted by atomic mass is 16.3. The Bertz CT molecular complexity index is 839. The molecular formula is C19H25N5O. The summed E-state index contributed by atoms with van der Waals surface area (Å²) in [6.07, 6.45) is 5.52. The molecule has 2 aromatic heterocycles. The van der Waals surface area contributed by atoms with Gasteiger partial charge < -0.3 is 15.3 Å². The van der Waals surface area contributed by atoms with Crippen molar-refractivity contribution in [3.05, 3.63) is 42.9 Å². The molecule has 0 amide bonds. The number of imidazole rings is 1. The first kappa shape index (κ1) is 17.2. The van der Waals surface area contributed by atoms with Gasteiger partial charge in [-0.3, -0.25) is 4.40 Å². The number of rotatable bonds is 6. The lowest BCUT2D eigenvalue weighted by molar-refractivity contribution is 0.249. The first-order valence-corrected chi connectivity index (χ1v) is 8.48. The maximum atomic E-state index is 9.56. The van der Waals surface area contributed by atoms with Crippen molar-refractivity contribution in [1.82, 2.24) is 14.4 Å². The summed E-state index contributed by atoms with van der Waals surface area (Å²) in [7, 11) is 4.05. The molecule has 25 heavy (non-hydrogen) atoms. The van der Waals surface area contributed by atoms with Gasteiger partial charge in [0.2, 0.25) is 0 Å². The van der Waals surface area contributed by atoms with Crippen molar-refractivity contribution in [2.24, 2.45) is 5.92 Å². The SMILES string of the molecule is CC(C)C(CO)Nc1nccn2c(-c3ccc(N(C)C)cc3)cnc12. The molecule has 0 bridgehead atoms. The van der Waals surface area contributed by atoms with Crippen LogP contribution in [0.25, 0.3) is 16.9 Å². The van der Waals surface area contributed by atoms with Gasteiger partial charge in [0.15, 0.2) is 11.5 Å². The van der Waals surface area contributed by atoms with Crippen LogP contribution in [0.2, 0.25) is 0 Å². The van der Waals surface area contributed by atoms with E-state index in [-0.39, 0.29) is 12.6 Å². The van der Waals surface area contributed by atoms with E-state index in [1.54, 1.807) is 6.20 Å². The molecule has 0 aliphatic carbocycles. The molecule has 0 aliphatic rings. The van der Waals surface area contributed by atoms with E-state index in [2.05, 4.69) is 58.3 Å². The number of aromatic nitrogens is 3. The Kier molecular flexibility index (Phi) is 4.90.